The monoisotopic (exact) mass is 339 g/mol. The van der Waals surface area contributed by atoms with Crippen molar-refractivity contribution in [2.45, 2.75) is 13.5 Å². The van der Waals surface area contributed by atoms with Crippen molar-refractivity contribution in [3.8, 4) is 0 Å². The van der Waals surface area contributed by atoms with Gasteiger partial charge in [0.25, 0.3) is 11.6 Å². The third-order valence-electron chi connectivity index (χ3n) is 4.48. The van der Waals surface area contributed by atoms with Crippen LogP contribution in [0.1, 0.15) is 21.5 Å². The summed E-state index contributed by atoms with van der Waals surface area (Å²) in [7, 11) is 0. The van der Waals surface area contributed by atoms with Gasteiger partial charge in [-0.15, -0.1) is 0 Å². The molecule has 1 amide bonds. The van der Waals surface area contributed by atoms with Crippen molar-refractivity contribution >= 4 is 11.6 Å². The van der Waals surface area contributed by atoms with Crippen LogP contribution in [0, 0.1) is 17.0 Å². The first-order valence-electron chi connectivity index (χ1n) is 8.34. The van der Waals surface area contributed by atoms with E-state index in [0.717, 1.165) is 36.3 Å². The molecule has 1 fully saturated rings. The predicted octanol–water partition coefficient (Wildman–Crippen LogP) is 2.86. The number of amides is 1. The quantitative estimate of drug-likeness (QED) is 0.634. The highest BCUT2D eigenvalue weighted by Gasteiger charge is 2.22. The Kier molecular flexibility index (Phi) is 5.09. The third-order valence-corrected chi connectivity index (χ3v) is 4.48. The van der Waals surface area contributed by atoms with Crippen LogP contribution in [0.15, 0.2) is 48.5 Å². The Hall–Kier alpha value is -2.73. The van der Waals surface area contributed by atoms with Crippen LogP contribution in [-0.4, -0.2) is 46.8 Å². The smallest absolute Gasteiger partial charge is 0.269 e. The molecule has 1 saturated heterocycles. The molecule has 0 aliphatic carbocycles. The molecule has 0 bridgehead atoms. The lowest BCUT2D eigenvalue weighted by Crippen LogP contribution is -2.48. The summed E-state index contributed by atoms with van der Waals surface area (Å²) in [5, 5.41) is 10.7. The summed E-state index contributed by atoms with van der Waals surface area (Å²) in [6.45, 7) is 5.71. The van der Waals surface area contributed by atoms with E-state index in [0.29, 0.717) is 13.1 Å². The van der Waals surface area contributed by atoms with Crippen molar-refractivity contribution in [2.24, 2.45) is 0 Å². The molecule has 130 valence electrons. The average Bonchev–Trinajstić information content (AvgIpc) is 2.62. The Bertz CT molecular complexity index is 766. The molecule has 6 heteroatoms. The zero-order chi connectivity index (χ0) is 17.8. The van der Waals surface area contributed by atoms with E-state index >= 15 is 0 Å². The van der Waals surface area contributed by atoms with Crippen molar-refractivity contribution in [1.82, 2.24) is 9.80 Å². The summed E-state index contributed by atoms with van der Waals surface area (Å²) >= 11 is 0. The van der Waals surface area contributed by atoms with E-state index in [1.165, 1.54) is 12.1 Å². The maximum absolute atomic E-state index is 12.6. The number of nitro groups is 1. The van der Waals surface area contributed by atoms with Crippen LogP contribution in [0.25, 0.3) is 0 Å². The summed E-state index contributed by atoms with van der Waals surface area (Å²) in [5.41, 5.74) is 2.98. The van der Waals surface area contributed by atoms with Gasteiger partial charge in [-0.1, -0.05) is 29.8 Å². The third kappa shape index (κ3) is 4.22. The second kappa shape index (κ2) is 7.44. The number of hydrogen-bond donors (Lipinski definition) is 0. The molecule has 1 aliphatic rings. The van der Waals surface area contributed by atoms with E-state index in [4.69, 9.17) is 0 Å². The second-order valence-corrected chi connectivity index (χ2v) is 6.36. The average molecular weight is 339 g/mol. The van der Waals surface area contributed by atoms with Gasteiger partial charge in [0.05, 0.1) is 4.92 Å². The van der Waals surface area contributed by atoms with Crippen molar-refractivity contribution in [3.05, 3.63) is 75.3 Å². The molecule has 0 N–H and O–H groups in total. The summed E-state index contributed by atoms with van der Waals surface area (Å²) in [4.78, 5) is 27.0. The zero-order valence-electron chi connectivity index (χ0n) is 14.2. The fourth-order valence-electron chi connectivity index (χ4n) is 3.05. The van der Waals surface area contributed by atoms with Gasteiger partial charge in [0.2, 0.25) is 0 Å². The standard InChI is InChI=1S/C19H21N3O3/c1-15-3-2-4-17(13-15)19(23)21-11-9-20(10-12-21)14-16-5-7-18(8-6-16)22(24)25/h2-8,13H,9-12,14H2,1H3. The number of carbonyl (C=O) groups excluding carboxylic acids is 1. The van der Waals surface area contributed by atoms with Gasteiger partial charge in [0, 0.05) is 50.4 Å². The topological polar surface area (TPSA) is 66.7 Å². The first kappa shape index (κ1) is 17.1. The number of nitro benzene ring substituents is 1. The molecule has 2 aromatic rings. The molecule has 0 aromatic heterocycles. The maximum atomic E-state index is 12.6. The van der Waals surface area contributed by atoms with Crippen LogP contribution in [0.3, 0.4) is 0 Å². The number of carbonyl (C=O) groups is 1. The van der Waals surface area contributed by atoms with Gasteiger partial charge in [0.1, 0.15) is 0 Å². The van der Waals surface area contributed by atoms with Crippen molar-refractivity contribution in [2.75, 3.05) is 26.2 Å². The summed E-state index contributed by atoms with van der Waals surface area (Å²) < 4.78 is 0. The largest absolute Gasteiger partial charge is 0.336 e. The molecule has 25 heavy (non-hydrogen) atoms. The van der Waals surface area contributed by atoms with Crippen molar-refractivity contribution in [3.63, 3.8) is 0 Å². The van der Waals surface area contributed by atoms with Crippen LogP contribution in [0.4, 0.5) is 5.69 Å². The van der Waals surface area contributed by atoms with Crippen LogP contribution in [0.5, 0.6) is 0 Å². The zero-order valence-corrected chi connectivity index (χ0v) is 14.2. The van der Waals surface area contributed by atoms with Crippen LogP contribution >= 0.6 is 0 Å². The minimum atomic E-state index is -0.389. The molecule has 0 saturated carbocycles. The van der Waals surface area contributed by atoms with Gasteiger partial charge in [-0.3, -0.25) is 19.8 Å². The lowest BCUT2D eigenvalue weighted by Gasteiger charge is -2.34. The van der Waals surface area contributed by atoms with Gasteiger partial charge >= 0.3 is 0 Å². The molecule has 3 rings (SSSR count). The number of nitrogens with zero attached hydrogens (tertiary/aromatic N) is 3. The molecular weight excluding hydrogens is 318 g/mol. The van der Waals surface area contributed by atoms with E-state index in [2.05, 4.69) is 4.90 Å². The van der Waals surface area contributed by atoms with Crippen molar-refractivity contribution < 1.29 is 9.72 Å². The fraction of sp³-hybridized carbons (Fsp3) is 0.316. The van der Waals surface area contributed by atoms with Gasteiger partial charge in [0.15, 0.2) is 0 Å². The molecule has 0 unspecified atom stereocenters. The lowest BCUT2D eigenvalue weighted by molar-refractivity contribution is -0.384. The Balaban J connectivity index is 1.55. The van der Waals surface area contributed by atoms with Gasteiger partial charge in [-0.25, -0.2) is 0 Å². The Morgan fingerprint density at radius 2 is 1.76 bits per heavy atom. The van der Waals surface area contributed by atoms with Crippen LogP contribution in [0.2, 0.25) is 0 Å². The normalized spacial score (nSPS) is 15.2. The molecule has 0 radical (unpaired) electrons. The number of aryl methyl sites for hydroxylation is 1. The van der Waals surface area contributed by atoms with E-state index in [-0.39, 0.29) is 16.5 Å². The van der Waals surface area contributed by atoms with Gasteiger partial charge in [-0.05, 0) is 24.6 Å². The Labute approximate surface area is 146 Å². The number of non-ortho nitro benzene ring substituents is 1. The molecule has 0 atom stereocenters. The molecule has 2 aromatic carbocycles. The molecule has 6 nitrogen and oxygen atoms in total. The second-order valence-electron chi connectivity index (χ2n) is 6.36. The highest BCUT2D eigenvalue weighted by molar-refractivity contribution is 5.94. The van der Waals surface area contributed by atoms with E-state index in [9.17, 15) is 14.9 Å². The number of rotatable bonds is 4. The first-order valence-corrected chi connectivity index (χ1v) is 8.34. The predicted molar refractivity (Wildman–Crippen MR) is 95.5 cm³/mol. The van der Waals surface area contributed by atoms with Crippen LogP contribution in [-0.2, 0) is 6.54 Å². The van der Waals surface area contributed by atoms with Crippen LogP contribution < -0.4 is 0 Å². The fourth-order valence-corrected chi connectivity index (χ4v) is 3.05. The van der Waals surface area contributed by atoms with Gasteiger partial charge in [-0.2, -0.15) is 0 Å². The number of piperazine rings is 1. The lowest BCUT2D eigenvalue weighted by atomic mass is 10.1. The van der Waals surface area contributed by atoms with Gasteiger partial charge < -0.3 is 4.90 Å². The molecule has 0 spiro atoms. The van der Waals surface area contributed by atoms with E-state index in [1.54, 1.807) is 12.1 Å². The van der Waals surface area contributed by atoms with E-state index in [1.807, 2.05) is 36.1 Å². The number of benzene rings is 2. The first-order chi connectivity index (χ1) is 12.0. The maximum Gasteiger partial charge on any atom is 0.269 e. The minimum Gasteiger partial charge on any atom is -0.336 e. The van der Waals surface area contributed by atoms with Crippen molar-refractivity contribution in [1.29, 1.82) is 0 Å². The Morgan fingerprint density at radius 3 is 2.36 bits per heavy atom. The summed E-state index contributed by atoms with van der Waals surface area (Å²) in [6, 6.07) is 14.3. The highest BCUT2D eigenvalue weighted by atomic mass is 16.6. The SMILES string of the molecule is Cc1cccc(C(=O)N2CCN(Cc3ccc([N+](=O)[O-])cc3)CC2)c1. The minimum absolute atomic E-state index is 0.0821. The van der Waals surface area contributed by atoms with E-state index < -0.39 is 0 Å². The molecule has 1 aliphatic heterocycles. The summed E-state index contributed by atoms with van der Waals surface area (Å²) in [6.07, 6.45) is 0. The Morgan fingerprint density at radius 1 is 1.08 bits per heavy atom. The molecular formula is C19H21N3O3. The molecule has 1 heterocycles. The highest BCUT2D eigenvalue weighted by Crippen LogP contribution is 2.15. The number of hydrogen-bond acceptors (Lipinski definition) is 4. The summed E-state index contributed by atoms with van der Waals surface area (Å²) in [5.74, 6) is 0.0821.